The van der Waals surface area contributed by atoms with E-state index in [-0.39, 0.29) is 12.4 Å². The molecule has 0 saturated carbocycles. The van der Waals surface area contributed by atoms with Crippen molar-refractivity contribution in [2.75, 3.05) is 0 Å². The molecule has 0 aliphatic carbocycles. The summed E-state index contributed by atoms with van der Waals surface area (Å²) in [7, 11) is 0. The molecule has 6 heteroatoms. The highest BCUT2D eigenvalue weighted by molar-refractivity contribution is 5.73. The number of carbonyl (C=O) groups excluding carboxylic acids is 1. The summed E-state index contributed by atoms with van der Waals surface area (Å²) in [5.41, 5.74) is 5.71. The van der Waals surface area contributed by atoms with Crippen LogP contribution in [0.3, 0.4) is 0 Å². The monoisotopic (exact) mass is 247 g/mol. The lowest BCUT2D eigenvalue weighted by molar-refractivity contribution is -0.118. The average Bonchev–Trinajstić information content (AvgIpc) is 2.32. The molecule has 1 heterocycles. The second kappa shape index (κ2) is 4.79. The maximum Gasteiger partial charge on any atom is 0.267 e. The topological polar surface area (TPSA) is 78.0 Å². The van der Waals surface area contributed by atoms with E-state index in [4.69, 9.17) is 5.73 Å². The molecule has 1 aromatic carbocycles. The molecule has 0 bridgehead atoms. The Morgan fingerprint density at radius 2 is 1.89 bits per heavy atom. The molecule has 1 aromatic heterocycles. The predicted octanol–water partition coefficient (Wildman–Crippen LogP) is 0.535. The number of nitrogens with two attached hydrogens (primary N) is 1. The van der Waals surface area contributed by atoms with Crippen molar-refractivity contribution in [2.24, 2.45) is 5.73 Å². The van der Waals surface area contributed by atoms with Crippen molar-refractivity contribution < 1.29 is 9.18 Å². The van der Waals surface area contributed by atoms with Crippen LogP contribution in [0.15, 0.2) is 41.2 Å². The zero-order valence-electron chi connectivity index (χ0n) is 9.34. The van der Waals surface area contributed by atoms with Crippen LogP contribution >= 0.6 is 0 Å². The van der Waals surface area contributed by atoms with Crippen molar-refractivity contribution in [3.05, 3.63) is 52.6 Å². The Morgan fingerprint density at radius 3 is 2.50 bits per heavy atom. The SMILES string of the molecule is NC(=O)Cn1nc(-c2ccc(F)cc2)ccc1=O. The van der Waals surface area contributed by atoms with Gasteiger partial charge >= 0.3 is 0 Å². The van der Waals surface area contributed by atoms with Crippen molar-refractivity contribution in [3.8, 4) is 11.3 Å². The molecule has 0 unspecified atom stereocenters. The Balaban J connectivity index is 2.43. The van der Waals surface area contributed by atoms with E-state index in [1.165, 1.54) is 36.4 Å². The quantitative estimate of drug-likeness (QED) is 0.859. The van der Waals surface area contributed by atoms with Crippen LogP contribution in [0.5, 0.6) is 0 Å². The van der Waals surface area contributed by atoms with Gasteiger partial charge in [0.25, 0.3) is 5.56 Å². The summed E-state index contributed by atoms with van der Waals surface area (Å²) in [6, 6.07) is 8.45. The van der Waals surface area contributed by atoms with Gasteiger partial charge in [0, 0.05) is 11.6 Å². The summed E-state index contributed by atoms with van der Waals surface area (Å²) in [6.45, 7) is -0.284. The fourth-order valence-electron chi connectivity index (χ4n) is 1.48. The van der Waals surface area contributed by atoms with Crippen LogP contribution in [0.1, 0.15) is 0 Å². The van der Waals surface area contributed by atoms with E-state index in [1.54, 1.807) is 0 Å². The molecule has 2 rings (SSSR count). The van der Waals surface area contributed by atoms with Gasteiger partial charge in [-0.2, -0.15) is 5.10 Å². The maximum atomic E-state index is 12.8. The van der Waals surface area contributed by atoms with Gasteiger partial charge in [-0.1, -0.05) is 0 Å². The first-order valence-corrected chi connectivity index (χ1v) is 5.18. The minimum absolute atomic E-state index is 0.284. The number of primary amides is 1. The highest BCUT2D eigenvalue weighted by atomic mass is 19.1. The number of rotatable bonds is 3. The summed E-state index contributed by atoms with van der Waals surface area (Å²) < 4.78 is 13.8. The lowest BCUT2D eigenvalue weighted by Crippen LogP contribution is -2.29. The van der Waals surface area contributed by atoms with E-state index in [1.807, 2.05) is 0 Å². The van der Waals surface area contributed by atoms with E-state index in [0.717, 1.165) is 4.68 Å². The molecule has 0 fully saturated rings. The normalized spacial score (nSPS) is 10.3. The van der Waals surface area contributed by atoms with Crippen LogP contribution < -0.4 is 11.3 Å². The molecule has 2 N–H and O–H groups in total. The van der Waals surface area contributed by atoms with Crippen LogP contribution in [-0.4, -0.2) is 15.7 Å². The minimum atomic E-state index is -0.652. The standard InChI is InChI=1S/C12H10FN3O2/c13-9-3-1-8(2-4-9)10-5-6-12(18)16(15-10)7-11(14)17/h1-6H,7H2,(H2,14,17). The third-order valence-corrected chi connectivity index (χ3v) is 2.31. The third kappa shape index (κ3) is 2.60. The number of hydrogen-bond acceptors (Lipinski definition) is 3. The third-order valence-electron chi connectivity index (χ3n) is 2.31. The predicted molar refractivity (Wildman–Crippen MR) is 63.1 cm³/mol. The van der Waals surface area contributed by atoms with Crippen LogP contribution in [-0.2, 0) is 11.3 Å². The number of halogens is 1. The molecule has 0 radical (unpaired) electrons. The molecule has 0 saturated heterocycles. The number of aromatic nitrogens is 2. The second-order valence-corrected chi connectivity index (χ2v) is 3.69. The van der Waals surface area contributed by atoms with E-state index in [9.17, 15) is 14.0 Å². The molecule has 5 nitrogen and oxygen atoms in total. The lowest BCUT2D eigenvalue weighted by Gasteiger charge is -2.05. The Labute approximate surface area is 102 Å². The zero-order valence-corrected chi connectivity index (χ0v) is 9.34. The largest absolute Gasteiger partial charge is 0.368 e. The first-order chi connectivity index (χ1) is 8.56. The highest BCUT2D eigenvalue weighted by Gasteiger charge is 2.05. The van der Waals surface area contributed by atoms with Crippen molar-refractivity contribution in [1.29, 1.82) is 0 Å². The maximum absolute atomic E-state index is 12.8. The Bertz CT molecular complexity index is 635. The lowest BCUT2D eigenvalue weighted by atomic mass is 10.1. The van der Waals surface area contributed by atoms with Gasteiger partial charge in [0.2, 0.25) is 5.91 Å². The van der Waals surface area contributed by atoms with E-state index >= 15 is 0 Å². The summed E-state index contributed by atoms with van der Waals surface area (Å²) in [6.07, 6.45) is 0. The molecule has 0 atom stereocenters. The van der Waals surface area contributed by atoms with Crippen LogP contribution in [0, 0.1) is 5.82 Å². The molecule has 2 aromatic rings. The summed E-state index contributed by atoms with van der Waals surface area (Å²) in [5, 5.41) is 3.99. The molecular formula is C12H10FN3O2. The van der Waals surface area contributed by atoms with Gasteiger partial charge in [-0.05, 0) is 30.3 Å². The van der Waals surface area contributed by atoms with Gasteiger partial charge < -0.3 is 5.73 Å². The molecule has 18 heavy (non-hydrogen) atoms. The van der Waals surface area contributed by atoms with E-state index in [0.29, 0.717) is 11.3 Å². The van der Waals surface area contributed by atoms with Gasteiger partial charge in [0.15, 0.2) is 0 Å². The average molecular weight is 247 g/mol. The Morgan fingerprint density at radius 1 is 1.22 bits per heavy atom. The van der Waals surface area contributed by atoms with Gasteiger partial charge in [-0.15, -0.1) is 0 Å². The Kier molecular flexibility index (Phi) is 3.18. The van der Waals surface area contributed by atoms with Gasteiger partial charge in [0.1, 0.15) is 12.4 Å². The fraction of sp³-hybridized carbons (Fsp3) is 0.0833. The number of hydrogen-bond donors (Lipinski definition) is 1. The Hall–Kier alpha value is -2.50. The molecule has 92 valence electrons. The van der Waals surface area contributed by atoms with Gasteiger partial charge in [-0.3, -0.25) is 9.59 Å². The first-order valence-electron chi connectivity index (χ1n) is 5.18. The van der Waals surface area contributed by atoms with Crippen molar-refractivity contribution in [2.45, 2.75) is 6.54 Å². The zero-order chi connectivity index (χ0) is 13.1. The number of nitrogens with zero attached hydrogens (tertiary/aromatic N) is 2. The van der Waals surface area contributed by atoms with Crippen molar-refractivity contribution in [3.63, 3.8) is 0 Å². The van der Waals surface area contributed by atoms with Crippen molar-refractivity contribution in [1.82, 2.24) is 9.78 Å². The fourth-order valence-corrected chi connectivity index (χ4v) is 1.48. The molecule has 0 aliphatic rings. The van der Waals surface area contributed by atoms with Crippen LogP contribution in [0.2, 0.25) is 0 Å². The smallest absolute Gasteiger partial charge is 0.267 e. The van der Waals surface area contributed by atoms with Gasteiger partial charge in [0.05, 0.1) is 5.69 Å². The van der Waals surface area contributed by atoms with E-state index in [2.05, 4.69) is 5.10 Å². The van der Waals surface area contributed by atoms with Gasteiger partial charge in [-0.25, -0.2) is 9.07 Å². The summed E-state index contributed by atoms with van der Waals surface area (Å²) in [4.78, 5) is 22.2. The molecule has 0 aliphatic heterocycles. The molecule has 1 amide bonds. The van der Waals surface area contributed by atoms with E-state index < -0.39 is 11.5 Å². The summed E-state index contributed by atoms with van der Waals surface area (Å²) in [5.74, 6) is -1.01. The number of benzene rings is 1. The van der Waals surface area contributed by atoms with Crippen LogP contribution in [0.4, 0.5) is 4.39 Å². The highest BCUT2D eigenvalue weighted by Crippen LogP contribution is 2.15. The molecular weight excluding hydrogens is 237 g/mol. The first kappa shape index (κ1) is 12.0. The van der Waals surface area contributed by atoms with Crippen LogP contribution in [0.25, 0.3) is 11.3 Å². The number of amides is 1. The second-order valence-electron chi connectivity index (χ2n) is 3.69. The molecule has 0 spiro atoms. The minimum Gasteiger partial charge on any atom is -0.368 e. The number of carbonyl (C=O) groups is 1. The van der Waals surface area contributed by atoms with Crippen molar-refractivity contribution >= 4 is 5.91 Å². The summed E-state index contributed by atoms with van der Waals surface area (Å²) >= 11 is 0.